The number of halogens is 6. The van der Waals surface area contributed by atoms with Crippen molar-refractivity contribution in [2.45, 2.75) is 69.6 Å². The van der Waals surface area contributed by atoms with Gasteiger partial charge in [-0.3, -0.25) is 9.69 Å². The summed E-state index contributed by atoms with van der Waals surface area (Å²) in [4.78, 5) is 32.6. The molecule has 14 heteroatoms. The van der Waals surface area contributed by atoms with Crippen LogP contribution in [-0.2, 0) is 28.4 Å². The Balaban J connectivity index is 1.34. The number of hydrogen-bond donors (Lipinski definition) is 1. The molecule has 0 spiro atoms. The molecule has 48 heavy (non-hydrogen) atoms. The van der Waals surface area contributed by atoms with E-state index >= 15 is 0 Å². The molecule has 6 rings (SSSR count). The minimum Gasteiger partial charge on any atom is -0.496 e. The molecule has 2 aliphatic heterocycles. The lowest BCUT2D eigenvalue weighted by molar-refractivity contribution is -0.143. The minimum absolute atomic E-state index is 0.0393. The van der Waals surface area contributed by atoms with E-state index in [1.165, 1.54) is 18.9 Å². The maximum absolute atomic E-state index is 13.6. The quantitative estimate of drug-likeness (QED) is 0.229. The SMILES string of the molecule is COc1ccc(C2CC(CC(=O)O)C2)cc1-c1ccc(N2CCC2)nc1CN1C(=O)OC(c2cc(C(F)(F)F)cc(C(F)(F)F)c2)[C@@H]1C. The third-order valence-electron chi connectivity index (χ3n) is 9.47. The maximum atomic E-state index is 13.6. The molecule has 3 aliphatic rings. The van der Waals surface area contributed by atoms with Gasteiger partial charge in [-0.25, -0.2) is 9.78 Å². The Morgan fingerprint density at radius 2 is 1.62 bits per heavy atom. The van der Waals surface area contributed by atoms with Crippen molar-refractivity contribution in [1.29, 1.82) is 0 Å². The van der Waals surface area contributed by atoms with Crippen molar-refractivity contribution < 1.29 is 50.5 Å². The molecular formula is C34H33F6N3O5. The molecule has 0 bridgehead atoms. The average molecular weight is 678 g/mol. The van der Waals surface area contributed by atoms with Crippen LogP contribution in [-0.4, -0.2) is 53.3 Å². The van der Waals surface area contributed by atoms with Crippen molar-refractivity contribution >= 4 is 17.9 Å². The van der Waals surface area contributed by atoms with Crippen LogP contribution in [0.25, 0.3) is 11.1 Å². The highest BCUT2D eigenvalue weighted by Gasteiger charge is 2.44. The molecule has 1 saturated carbocycles. The van der Waals surface area contributed by atoms with Gasteiger partial charge in [-0.15, -0.1) is 0 Å². The Hall–Kier alpha value is -4.49. The predicted molar refractivity (Wildman–Crippen MR) is 161 cm³/mol. The largest absolute Gasteiger partial charge is 0.496 e. The molecule has 1 unspecified atom stereocenters. The number of amides is 1. The Morgan fingerprint density at radius 1 is 0.958 bits per heavy atom. The Labute approximate surface area is 272 Å². The van der Waals surface area contributed by atoms with Gasteiger partial charge in [0.25, 0.3) is 0 Å². The summed E-state index contributed by atoms with van der Waals surface area (Å²) in [5.74, 6) is 0.594. The zero-order valence-corrected chi connectivity index (χ0v) is 26.1. The third kappa shape index (κ3) is 6.61. The van der Waals surface area contributed by atoms with Gasteiger partial charge < -0.3 is 19.5 Å². The van der Waals surface area contributed by atoms with Gasteiger partial charge in [0, 0.05) is 30.6 Å². The van der Waals surface area contributed by atoms with Crippen LogP contribution in [0.1, 0.15) is 72.6 Å². The number of pyridine rings is 1. The number of nitrogens with zero attached hydrogens (tertiary/aromatic N) is 3. The number of benzene rings is 2. The number of carboxylic acid groups (broad SMARTS) is 1. The molecule has 2 saturated heterocycles. The number of alkyl halides is 6. The highest BCUT2D eigenvalue weighted by Crippen LogP contribution is 2.46. The van der Waals surface area contributed by atoms with E-state index in [-0.39, 0.29) is 30.9 Å². The second kappa shape index (κ2) is 12.5. The van der Waals surface area contributed by atoms with E-state index in [1.807, 2.05) is 35.2 Å². The summed E-state index contributed by atoms with van der Waals surface area (Å²) >= 11 is 0. The van der Waals surface area contributed by atoms with Crippen LogP contribution in [0.15, 0.2) is 48.5 Å². The number of aliphatic carboxylic acids is 1. The van der Waals surface area contributed by atoms with Crippen LogP contribution < -0.4 is 9.64 Å². The van der Waals surface area contributed by atoms with Crippen molar-refractivity contribution in [3.8, 4) is 16.9 Å². The number of carboxylic acids is 1. The summed E-state index contributed by atoms with van der Waals surface area (Å²) < 4.78 is 92.8. The minimum atomic E-state index is -5.05. The van der Waals surface area contributed by atoms with E-state index in [4.69, 9.17) is 19.6 Å². The molecule has 8 nitrogen and oxygen atoms in total. The third-order valence-corrected chi connectivity index (χ3v) is 9.47. The van der Waals surface area contributed by atoms with Crippen LogP contribution in [0.4, 0.5) is 37.0 Å². The molecule has 1 aliphatic carbocycles. The molecule has 1 amide bonds. The van der Waals surface area contributed by atoms with Gasteiger partial charge in [-0.05, 0) is 91.6 Å². The van der Waals surface area contributed by atoms with Gasteiger partial charge >= 0.3 is 24.4 Å². The number of ether oxygens (including phenoxy) is 2. The lowest BCUT2D eigenvalue weighted by Gasteiger charge is -2.35. The molecular weight excluding hydrogens is 644 g/mol. The van der Waals surface area contributed by atoms with E-state index in [0.717, 1.165) is 37.9 Å². The Kier molecular flexibility index (Phi) is 8.71. The predicted octanol–water partition coefficient (Wildman–Crippen LogP) is 8.06. The highest BCUT2D eigenvalue weighted by atomic mass is 19.4. The maximum Gasteiger partial charge on any atom is 0.416 e. The molecule has 3 heterocycles. The fraction of sp³-hybridized carbons (Fsp3) is 0.441. The fourth-order valence-corrected chi connectivity index (χ4v) is 6.65. The van der Waals surface area contributed by atoms with Crippen LogP contribution >= 0.6 is 0 Å². The van der Waals surface area contributed by atoms with E-state index in [2.05, 4.69) is 0 Å². The zero-order valence-electron chi connectivity index (χ0n) is 26.1. The van der Waals surface area contributed by atoms with Crippen molar-refractivity contribution in [3.63, 3.8) is 0 Å². The zero-order chi connectivity index (χ0) is 34.5. The van der Waals surface area contributed by atoms with E-state index in [0.29, 0.717) is 40.5 Å². The van der Waals surface area contributed by atoms with Crippen LogP contribution in [0.3, 0.4) is 0 Å². The Bertz CT molecular complexity index is 1690. The molecule has 0 radical (unpaired) electrons. The number of methoxy groups -OCH3 is 1. The normalized spacial score (nSPS) is 22.6. The van der Waals surface area contributed by atoms with Gasteiger partial charge in [0.05, 0.1) is 36.5 Å². The number of rotatable bonds is 9. The first-order valence-corrected chi connectivity index (χ1v) is 15.5. The standard InChI is InChI=1S/C34H33F6N3O5/c1-18-31(22-13-23(33(35,36)37)16-24(14-22)34(38,39)40)48-32(46)43(18)17-27-25(5-7-29(41-27)42-8-3-9-42)26-15-20(4-6-28(26)47-2)21-10-19(11-21)12-30(44)45/h4-7,13-16,18-19,21,31H,3,8-12,17H2,1-2H3,(H,44,45)/t18-,19?,21?,31?/m0/s1. The van der Waals surface area contributed by atoms with Crippen molar-refractivity contribution in [2.75, 3.05) is 25.1 Å². The van der Waals surface area contributed by atoms with Crippen LogP contribution in [0.5, 0.6) is 5.75 Å². The second-order valence-corrected chi connectivity index (χ2v) is 12.6. The van der Waals surface area contributed by atoms with Crippen LogP contribution in [0, 0.1) is 5.92 Å². The van der Waals surface area contributed by atoms with Gasteiger partial charge in [-0.2, -0.15) is 26.3 Å². The Morgan fingerprint density at radius 3 is 2.19 bits per heavy atom. The van der Waals surface area contributed by atoms with E-state index in [1.54, 1.807) is 0 Å². The molecule has 3 aromatic rings. The monoisotopic (exact) mass is 677 g/mol. The van der Waals surface area contributed by atoms with Crippen molar-refractivity contribution in [1.82, 2.24) is 9.88 Å². The number of anilines is 1. The highest BCUT2D eigenvalue weighted by molar-refractivity contribution is 5.76. The van der Waals surface area contributed by atoms with Gasteiger partial charge in [0.1, 0.15) is 17.7 Å². The van der Waals surface area contributed by atoms with Gasteiger partial charge in [0.15, 0.2) is 0 Å². The molecule has 2 atom stereocenters. The molecule has 1 aromatic heterocycles. The first-order valence-electron chi connectivity index (χ1n) is 15.5. The summed E-state index contributed by atoms with van der Waals surface area (Å²) in [6, 6.07) is 9.68. The summed E-state index contributed by atoms with van der Waals surface area (Å²) in [7, 11) is 1.51. The number of carbonyl (C=O) groups is 2. The average Bonchev–Trinajstić information content (AvgIpc) is 3.25. The summed E-state index contributed by atoms with van der Waals surface area (Å²) in [5, 5.41) is 9.15. The second-order valence-electron chi connectivity index (χ2n) is 12.6. The molecule has 1 N–H and O–H groups in total. The first kappa shape index (κ1) is 33.4. The summed E-state index contributed by atoms with van der Waals surface area (Å²) in [6.07, 6.45) is -9.88. The lowest BCUT2D eigenvalue weighted by Crippen LogP contribution is -2.38. The number of hydrogen-bond acceptors (Lipinski definition) is 6. The molecule has 2 aromatic carbocycles. The number of carbonyl (C=O) groups excluding carboxylic acids is 1. The number of cyclic esters (lactones) is 1. The smallest absolute Gasteiger partial charge is 0.416 e. The first-order chi connectivity index (χ1) is 22.6. The van der Waals surface area contributed by atoms with Gasteiger partial charge in [0.2, 0.25) is 0 Å². The lowest BCUT2D eigenvalue weighted by atomic mass is 9.70. The van der Waals surface area contributed by atoms with Crippen molar-refractivity contribution in [3.05, 3.63) is 76.5 Å². The van der Waals surface area contributed by atoms with E-state index < -0.39 is 53.3 Å². The molecule has 3 fully saturated rings. The van der Waals surface area contributed by atoms with E-state index in [9.17, 15) is 35.9 Å². The summed E-state index contributed by atoms with van der Waals surface area (Å²) in [6.45, 7) is 2.93. The molecule has 256 valence electrons. The van der Waals surface area contributed by atoms with Crippen molar-refractivity contribution in [2.24, 2.45) is 5.92 Å². The summed E-state index contributed by atoms with van der Waals surface area (Å²) in [5.41, 5.74) is -0.666. The topological polar surface area (TPSA) is 92.2 Å². The fourth-order valence-electron chi connectivity index (χ4n) is 6.65. The van der Waals surface area contributed by atoms with Gasteiger partial charge in [-0.1, -0.05) is 6.07 Å². The van der Waals surface area contributed by atoms with Crippen LogP contribution in [0.2, 0.25) is 0 Å². The number of aromatic nitrogens is 1.